The quantitative estimate of drug-likeness (QED) is 0.565. The summed E-state index contributed by atoms with van der Waals surface area (Å²) in [5, 5.41) is 7.03. The number of nitrogens with two attached hydrogens (primary N) is 1. The first-order valence-electron chi connectivity index (χ1n) is 3.42. The normalized spacial score (nSPS) is 10.4. The van der Waals surface area contributed by atoms with E-state index in [9.17, 15) is 8.42 Å². The van der Waals surface area contributed by atoms with Crippen LogP contribution in [0.3, 0.4) is 0 Å². The maximum absolute atomic E-state index is 11.0. The molecule has 0 fully saturated rings. The molecule has 0 atom stereocenters. The Morgan fingerprint density at radius 1 is 1.50 bits per heavy atom. The van der Waals surface area contributed by atoms with Gasteiger partial charge < -0.3 is 5.73 Å². The number of hydrogen-bond acceptors (Lipinski definition) is 4. The van der Waals surface area contributed by atoms with Crippen molar-refractivity contribution in [2.24, 2.45) is 5.73 Å². The van der Waals surface area contributed by atoms with Crippen molar-refractivity contribution < 1.29 is 8.42 Å². The zero-order chi connectivity index (χ0) is 10.1. The average Bonchev–Trinajstić information content (AvgIpc) is 2.03. The lowest BCUT2D eigenvalue weighted by atomic mass is 10.3. The van der Waals surface area contributed by atoms with Crippen LogP contribution in [0.5, 0.6) is 0 Å². The lowest BCUT2D eigenvalue weighted by Crippen LogP contribution is -2.12. The second kappa shape index (κ2) is 4.39. The number of rotatable bonds is 2. The van der Waals surface area contributed by atoms with Crippen molar-refractivity contribution in [1.29, 1.82) is 5.41 Å². The molecule has 5 nitrogen and oxygen atoms in total. The Bertz CT molecular complexity index is 427. The van der Waals surface area contributed by atoms with Crippen molar-refractivity contribution in [2.75, 3.05) is 6.26 Å². The molecule has 7 heteroatoms. The average molecular weight is 236 g/mol. The molecule has 0 radical (unpaired) electrons. The second-order valence-electron chi connectivity index (χ2n) is 2.57. The highest BCUT2D eigenvalue weighted by atomic mass is 35.5. The fraction of sp³-hybridized carbons (Fsp3) is 0.143. The lowest BCUT2D eigenvalue weighted by molar-refractivity contribution is 0.598. The summed E-state index contributed by atoms with van der Waals surface area (Å²) in [6, 6.07) is 2.78. The summed E-state index contributed by atoms with van der Waals surface area (Å²) in [5.41, 5.74) is 5.58. The maximum Gasteiger partial charge on any atom is 0.192 e. The van der Waals surface area contributed by atoms with Crippen molar-refractivity contribution in [3.8, 4) is 0 Å². The van der Waals surface area contributed by atoms with Crippen molar-refractivity contribution in [3.05, 3.63) is 23.9 Å². The molecule has 0 unspecified atom stereocenters. The van der Waals surface area contributed by atoms with Gasteiger partial charge in [0, 0.05) is 18.0 Å². The topological polar surface area (TPSA) is 96.9 Å². The van der Waals surface area contributed by atoms with E-state index in [0.717, 1.165) is 6.26 Å². The first-order valence-corrected chi connectivity index (χ1v) is 5.31. The molecular formula is C7H10ClN3O2S. The Morgan fingerprint density at radius 3 is 2.36 bits per heavy atom. The Hall–Kier alpha value is -1.14. The van der Waals surface area contributed by atoms with Gasteiger partial charge in [0.05, 0.1) is 0 Å². The zero-order valence-electron chi connectivity index (χ0n) is 7.39. The maximum atomic E-state index is 11.0. The molecule has 0 spiro atoms. The fourth-order valence-electron chi connectivity index (χ4n) is 0.759. The Balaban J connectivity index is 0.00000169. The predicted molar refractivity (Wildman–Crippen MR) is 55.6 cm³/mol. The molecule has 0 amide bonds. The van der Waals surface area contributed by atoms with Crippen LogP contribution in [0.4, 0.5) is 0 Å². The van der Waals surface area contributed by atoms with Crippen LogP contribution in [0.15, 0.2) is 23.4 Å². The molecule has 0 aliphatic rings. The van der Waals surface area contributed by atoms with Gasteiger partial charge in [-0.25, -0.2) is 13.4 Å². The van der Waals surface area contributed by atoms with E-state index in [4.69, 9.17) is 11.1 Å². The van der Waals surface area contributed by atoms with E-state index in [1.165, 1.54) is 18.3 Å². The van der Waals surface area contributed by atoms with Crippen LogP contribution >= 0.6 is 12.4 Å². The number of nitrogen functional groups attached to an aromatic ring is 1. The summed E-state index contributed by atoms with van der Waals surface area (Å²) in [7, 11) is -3.27. The van der Waals surface area contributed by atoms with Crippen LogP contribution in [0.2, 0.25) is 0 Å². The minimum atomic E-state index is -3.27. The van der Waals surface area contributed by atoms with Crippen molar-refractivity contribution in [3.63, 3.8) is 0 Å². The van der Waals surface area contributed by atoms with Gasteiger partial charge in [-0.1, -0.05) is 0 Å². The largest absolute Gasteiger partial charge is 0.384 e. The molecule has 3 N–H and O–H groups in total. The Morgan fingerprint density at radius 2 is 2.07 bits per heavy atom. The van der Waals surface area contributed by atoms with Gasteiger partial charge in [-0.3, -0.25) is 5.41 Å². The molecule has 1 heterocycles. The molecule has 0 bridgehead atoms. The summed E-state index contributed by atoms with van der Waals surface area (Å²) in [5.74, 6) is -0.132. The number of nitrogens with one attached hydrogen (secondary N) is 1. The molecule has 1 aromatic heterocycles. The first-order chi connectivity index (χ1) is 5.91. The third kappa shape index (κ3) is 2.97. The number of aromatic nitrogens is 1. The Labute approximate surface area is 88.2 Å². The first kappa shape index (κ1) is 12.9. The molecule has 1 aromatic rings. The SMILES string of the molecule is CS(=O)(=O)c1ccc(C(=N)N)cn1.Cl. The molecule has 14 heavy (non-hydrogen) atoms. The van der Waals surface area contributed by atoms with Crippen molar-refractivity contribution in [1.82, 2.24) is 4.98 Å². The molecule has 0 aliphatic carbocycles. The molecule has 0 saturated carbocycles. The third-order valence-corrected chi connectivity index (χ3v) is 2.43. The number of pyridine rings is 1. The van der Waals surface area contributed by atoms with Gasteiger partial charge in [-0.05, 0) is 12.1 Å². The van der Waals surface area contributed by atoms with Gasteiger partial charge in [0.1, 0.15) is 5.84 Å². The molecular weight excluding hydrogens is 226 g/mol. The van der Waals surface area contributed by atoms with Crippen LogP contribution in [-0.2, 0) is 9.84 Å². The summed E-state index contributed by atoms with van der Waals surface area (Å²) >= 11 is 0. The summed E-state index contributed by atoms with van der Waals surface area (Å²) < 4.78 is 21.9. The van der Waals surface area contributed by atoms with Crippen LogP contribution in [-0.4, -0.2) is 25.5 Å². The van der Waals surface area contributed by atoms with E-state index in [1.807, 2.05) is 0 Å². The van der Waals surface area contributed by atoms with Gasteiger partial charge >= 0.3 is 0 Å². The van der Waals surface area contributed by atoms with E-state index in [1.54, 1.807) is 0 Å². The monoisotopic (exact) mass is 235 g/mol. The minimum Gasteiger partial charge on any atom is -0.384 e. The summed E-state index contributed by atoms with van der Waals surface area (Å²) in [6.07, 6.45) is 2.33. The van der Waals surface area contributed by atoms with Crippen molar-refractivity contribution in [2.45, 2.75) is 5.03 Å². The standard InChI is InChI=1S/C7H9N3O2S.ClH/c1-13(11,12)6-3-2-5(4-10-6)7(8)9;/h2-4H,1H3,(H3,8,9);1H. The number of halogens is 1. The van der Waals surface area contributed by atoms with Gasteiger partial charge in [-0.2, -0.15) is 0 Å². The van der Waals surface area contributed by atoms with Crippen LogP contribution in [0.1, 0.15) is 5.56 Å². The minimum absolute atomic E-state index is 0. The van der Waals surface area contributed by atoms with E-state index in [2.05, 4.69) is 4.98 Å². The number of nitrogens with zero attached hydrogens (tertiary/aromatic N) is 1. The van der Waals surface area contributed by atoms with Gasteiger partial charge in [0.25, 0.3) is 0 Å². The van der Waals surface area contributed by atoms with Crippen LogP contribution < -0.4 is 5.73 Å². The van der Waals surface area contributed by atoms with Crippen LogP contribution in [0.25, 0.3) is 0 Å². The number of amidine groups is 1. The number of hydrogen-bond donors (Lipinski definition) is 2. The second-order valence-corrected chi connectivity index (χ2v) is 4.53. The van der Waals surface area contributed by atoms with Gasteiger partial charge in [-0.15, -0.1) is 12.4 Å². The predicted octanol–water partition coefficient (Wildman–Crippen LogP) is 0.191. The highest BCUT2D eigenvalue weighted by Crippen LogP contribution is 2.05. The summed E-state index contributed by atoms with van der Waals surface area (Å²) in [4.78, 5) is 3.66. The van der Waals surface area contributed by atoms with Crippen LogP contribution in [0, 0.1) is 5.41 Å². The van der Waals surface area contributed by atoms with Crippen molar-refractivity contribution >= 4 is 28.1 Å². The van der Waals surface area contributed by atoms with E-state index in [0.29, 0.717) is 5.56 Å². The Kier molecular flexibility index (Phi) is 4.03. The van der Waals surface area contributed by atoms with E-state index >= 15 is 0 Å². The van der Waals surface area contributed by atoms with Gasteiger partial charge in [0.15, 0.2) is 14.9 Å². The molecule has 1 rings (SSSR count). The van der Waals surface area contributed by atoms with E-state index < -0.39 is 9.84 Å². The molecule has 0 aromatic carbocycles. The highest BCUT2D eigenvalue weighted by molar-refractivity contribution is 7.90. The molecule has 0 aliphatic heterocycles. The highest BCUT2D eigenvalue weighted by Gasteiger charge is 2.08. The van der Waals surface area contributed by atoms with E-state index in [-0.39, 0.29) is 23.3 Å². The molecule has 0 saturated heterocycles. The third-order valence-electron chi connectivity index (χ3n) is 1.43. The lowest BCUT2D eigenvalue weighted by Gasteiger charge is -1.99. The smallest absolute Gasteiger partial charge is 0.192 e. The number of sulfone groups is 1. The summed E-state index contributed by atoms with van der Waals surface area (Å²) in [6.45, 7) is 0. The zero-order valence-corrected chi connectivity index (χ0v) is 9.02. The molecule has 78 valence electrons. The fourth-order valence-corrected chi connectivity index (χ4v) is 1.32. The van der Waals surface area contributed by atoms with Gasteiger partial charge in [0.2, 0.25) is 0 Å².